The smallest absolute Gasteiger partial charge is 0.253 e. The number of anilines is 1. The summed E-state index contributed by atoms with van der Waals surface area (Å²) < 4.78 is 6.95. The van der Waals surface area contributed by atoms with Gasteiger partial charge in [0.15, 0.2) is 0 Å². The molecule has 2 unspecified atom stereocenters. The molecule has 3 fully saturated rings. The minimum absolute atomic E-state index is 0.165. The van der Waals surface area contributed by atoms with E-state index in [9.17, 15) is 19.5 Å². The van der Waals surface area contributed by atoms with Crippen molar-refractivity contribution in [2.45, 2.75) is 83.6 Å². The second-order valence-corrected chi connectivity index (χ2v) is 12.5. The van der Waals surface area contributed by atoms with Crippen LogP contribution < -0.4 is 4.90 Å². The summed E-state index contributed by atoms with van der Waals surface area (Å²) in [4.78, 5) is 48.5. The van der Waals surface area contributed by atoms with Crippen LogP contribution in [0.5, 0.6) is 0 Å². The normalized spacial score (nSPS) is 29.0. The van der Waals surface area contributed by atoms with Gasteiger partial charge in [0.05, 0.1) is 30.1 Å². The molecule has 224 valence electrons. The number of hydrogen-bond donors (Lipinski definition) is 1. The number of para-hydroxylation sites is 1. The van der Waals surface area contributed by atoms with Gasteiger partial charge in [0.25, 0.3) is 5.91 Å². The summed E-state index contributed by atoms with van der Waals surface area (Å²) in [5.74, 6) is -2.06. The largest absolute Gasteiger partial charge is 0.394 e. The molecule has 0 aromatic heterocycles. The molecule has 3 aliphatic rings. The predicted octanol–water partition coefficient (Wildman–Crippen LogP) is 4.03. The lowest BCUT2D eigenvalue weighted by atomic mass is 9.64. The zero-order chi connectivity index (χ0) is 30.3. The molecule has 3 amide bonds. The van der Waals surface area contributed by atoms with Gasteiger partial charge in [0, 0.05) is 25.8 Å². The molecule has 1 spiro atoms. The van der Waals surface area contributed by atoms with E-state index in [1.807, 2.05) is 52.8 Å². The molecule has 1 aromatic rings. The number of amides is 3. The molecule has 41 heavy (non-hydrogen) atoms. The van der Waals surface area contributed by atoms with Gasteiger partial charge in [-0.3, -0.25) is 14.4 Å². The molecule has 0 radical (unpaired) electrons. The second kappa shape index (κ2) is 11.7. The number of aliphatic hydroxyl groups excluding tert-OH is 1. The molecule has 6 atom stereocenters. The van der Waals surface area contributed by atoms with E-state index in [2.05, 4.69) is 13.2 Å². The summed E-state index contributed by atoms with van der Waals surface area (Å²) in [6.07, 6.45) is 5.51. The molecule has 3 aliphatic heterocycles. The van der Waals surface area contributed by atoms with Crippen molar-refractivity contribution in [1.29, 1.82) is 0 Å². The Hall–Kier alpha value is -2.97. The Kier molecular flexibility index (Phi) is 8.86. The third kappa shape index (κ3) is 4.83. The molecule has 8 heteroatoms. The summed E-state index contributed by atoms with van der Waals surface area (Å²) in [6, 6.07) is 4.33. The third-order valence-corrected chi connectivity index (χ3v) is 9.53. The number of carbonyl (C=O) groups is 3. The molecule has 0 aliphatic carbocycles. The number of benzene rings is 1. The van der Waals surface area contributed by atoms with Crippen LogP contribution in [0.2, 0.25) is 0 Å². The maximum absolute atomic E-state index is 14.9. The third-order valence-electron chi connectivity index (χ3n) is 9.53. The van der Waals surface area contributed by atoms with Crippen molar-refractivity contribution in [1.82, 2.24) is 9.80 Å². The summed E-state index contributed by atoms with van der Waals surface area (Å²) in [7, 11) is 1.72. The van der Waals surface area contributed by atoms with Crippen molar-refractivity contribution in [3.05, 3.63) is 54.6 Å². The molecule has 3 saturated heterocycles. The minimum Gasteiger partial charge on any atom is -0.394 e. The Morgan fingerprint density at radius 2 is 1.78 bits per heavy atom. The van der Waals surface area contributed by atoms with Crippen molar-refractivity contribution >= 4 is 23.4 Å². The molecule has 0 saturated carbocycles. The average Bonchev–Trinajstić information content (AvgIpc) is 3.54. The highest BCUT2D eigenvalue weighted by atomic mass is 16.5. The average molecular weight is 566 g/mol. The first kappa shape index (κ1) is 31.0. The van der Waals surface area contributed by atoms with E-state index >= 15 is 0 Å². The molecule has 2 bridgehead atoms. The van der Waals surface area contributed by atoms with Crippen molar-refractivity contribution < 1.29 is 24.2 Å². The highest BCUT2D eigenvalue weighted by molar-refractivity contribution is 6.06. The van der Waals surface area contributed by atoms with Crippen molar-refractivity contribution in [2.75, 3.05) is 31.6 Å². The maximum atomic E-state index is 14.9. The fraction of sp³-hybridized carbons (Fsp3) is 0.606. The highest BCUT2D eigenvalue weighted by Gasteiger charge is 2.79. The number of fused-ring (bicyclic) bond motifs is 1. The molecule has 3 heterocycles. The van der Waals surface area contributed by atoms with Crippen LogP contribution in [-0.4, -0.2) is 82.7 Å². The van der Waals surface area contributed by atoms with Gasteiger partial charge in [0.1, 0.15) is 11.6 Å². The van der Waals surface area contributed by atoms with Crippen molar-refractivity contribution in [3.63, 3.8) is 0 Å². The molecule has 1 N–H and O–H groups in total. The first-order valence-corrected chi connectivity index (χ1v) is 14.9. The van der Waals surface area contributed by atoms with E-state index in [0.29, 0.717) is 32.2 Å². The monoisotopic (exact) mass is 565 g/mol. The number of aryl methyl sites for hydroxylation is 2. The van der Waals surface area contributed by atoms with Crippen LogP contribution in [0.3, 0.4) is 0 Å². The van der Waals surface area contributed by atoms with Gasteiger partial charge in [-0.25, -0.2) is 0 Å². The highest BCUT2D eigenvalue weighted by Crippen LogP contribution is 2.65. The maximum Gasteiger partial charge on any atom is 0.253 e. The first-order valence-electron chi connectivity index (χ1n) is 14.9. The van der Waals surface area contributed by atoms with Crippen LogP contribution in [-0.2, 0) is 19.1 Å². The Balaban J connectivity index is 1.91. The van der Waals surface area contributed by atoms with Crippen LogP contribution in [0.15, 0.2) is 43.5 Å². The first-order chi connectivity index (χ1) is 19.4. The standard InChI is InChI=1S/C33H47N3O5/c1-9-17-34(8)29(38)25-26-30(39)36(24(20-37)19-21(4)5)28(33(26)16-15-32(25,11-3)41-33)31(40)35(18-10-2)27-22(6)13-12-14-23(27)7/h9-10,12-14,21,24-26,28,37H,1-2,11,15-20H2,3-8H3/t24-,25-,26+,28?,32+,33?/m1/s1. The van der Waals surface area contributed by atoms with Crippen LogP contribution in [0, 0.1) is 31.6 Å². The molecule has 8 nitrogen and oxygen atoms in total. The van der Waals surface area contributed by atoms with Crippen LogP contribution in [0.25, 0.3) is 0 Å². The zero-order valence-electron chi connectivity index (χ0n) is 25.6. The van der Waals surface area contributed by atoms with Crippen LogP contribution >= 0.6 is 0 Å². The van der Waals surface area contributed by atoms with E-state index in [4.69, 9.17) is 4.74 Å². The Labute approximate surface area is 245 Å². The number of aliphatic hydroxyl groups is 1. The lowest BCUT2D eigenvalue weighted by molar-refractivity contribution is -0.153. The van der Waals surface area contributed by atoms with Gasteiger partial charge < -0.3 is 24.5 Å². The van der Waals surface area contributed by atoms with Crippen molar-refractivity contribution in [3.8, 4) is 0 Å². The van der Waals surface area contributed by atoms with E-state index in [1.54, 1.807) is 33.9 Å². The lowest BCUT2D eigenvalue weighted by Gasteiger charge is -2.40. The molecular weight excluding hydrogens is 518 g/mol. The predicted molar refractivity (Wildman–Crippen MR) is 160 cm³/mol. The Morgan fingerprint density at radius 1 is 1.15 bits per heavy atom. The zero-order valence-corrected chi connectivity index (χ0v) is 25.6. The van der Waals surface area contributed by atoms with Crippen LogP contribution in [0.1, 0.15) is 57.6 Å². The lowest BCUT2D eigenvalue weighted by Crippen LogP contribution is -2.59. The van der Waals surface area contributed by atoms with Gasteiger partial charge in [-0.2, -0.15) is 0 Å². The number of hydrogen-bond acceptors (Lipinski definition) is 5. The quantitative estimate of drug-likeness (QED) is 0.387. The summed E-state index contributed by atoms with van der Waals surface area (Å²) in [6.45, 7) is 18.0. The number of likely N-dealkylation sites (N-methyl/N-ethyl adjacent to an activating group) is 1. The second-order valence-electron chi connectivity index (χ2n) is 12.5. The van der Waals surface area contributed by atoms with Gasteiger partial charge in [-0.15, -0.1) is 13.2 Å². The number of rotatable bonds is 12. The van der Waals surface area contributed by atoms with Gasteiger partial charge in [0.2, 0.25) is 11.8 Å². The summed E-state index contributed by atoms with van der Waals surface area (Å²) in [5.41, 5.74) is 0.662. The van der Waals surface area contributed by atoms with E-state index in [0.717, 1.165) is 16.8 Å². The van der Waals surface area contributed by atoms with E-state index < -0.39 is 35.1 Å². The summed E-state index contributed by atoms with van der Waals surface area (Å²) >= 11 is 0. The molecule has 1 aromatic carbocycles. The number of likely N-dealkylation sites (tertiary alicyclic amines) is 1. The van der Waals surface area contributed by atoms with Crippen molar-refractivity contribution in [2.24, 2.45) is 17.8 Å². The van der Waals surface area contributed by atoms with Gasteiger partial charge in [-0.05, 0) is 56.6 Å². The number of nitrogens with zero attached hydrogens (tertiary/aromatic N) is 3. The van der Waals surface area contributed by atoms with Gasteiger partial charge in [-0.1, -0.05) is 51.1 Å². The van der Waals surface area contributed by atoms with Gasteiger partial charge >= 0.3 is 0 Å². The molecular formula is C33H47N3O5. The summed E-state index contributed by atoms with van der Waals surface area (Å²) in [5, 5.41) is 10.6. The van der Waals surface area contributed by atoms with E-state index in [-0.39, 0.29) is 36.8 Å². The number of ether oxygens (including phenoxy) is 1. The fourth-order valence-electron chi connectivity index (χ4n) is 7.84. The molecule has 4 rings (SSSR count). The SMILES string of the molecule is C=CCN(C)C(=O)[C@H]1[C@H]2C(=O)N([C@@H](CO)CC(C)C)C(C(=O)N(CC=C)c3c(C)cccc3C)C23CC[C@]1(CC)O3. The minimum atomic E-state index is -1.17. The Bertz CT molecular complexity index is 1190. The van der Waals surface area contributed by atoms with Crippen LogP contribution in [0.4, 0.5) is 5.69 Å². The topological polar surface area (TPSA) is 90.4 Å². The number of carbonyl (C=O) groups excluding carboxylic acids is 3. The van der Waals surface area contributed by atoms with E-state index in [1.165, 1.54) is 0 Å². The fourth-order valence-corrected chi connectivity index (χ4v) is 7.84. The Morgan fingerprint density at radius 3 is 2.32 bits per heavy atom.